The molecule has 4 nitrogen and oxygen atoms in total. The standard InChI is InChI=1S/C20H25FN2O2S2/c1-15(16-8-10-17(21)11-9-16)26-20-13-12-19(14-22-20)27(24,25)23(2)18-6-4-3-5-7-18/h8-15,18H,3-7H2,1-2H3/t15-/m1/s1. The third-order valence-corrected chi connectivity index (χ3v) is 8.11. The zero-order chi connectivity index (χ0) is 19.4. The van der Waals surface area contributed by atoms with E-state index in [4.69, 9.17) is 0 Å². The lowest BCUT2D eigenvalue weighted by Crippen LogP contribution is -2.38. The number of hydrogen-bond donors (Lipinski definition) is 0. The van der Waals surface area contributed by atoms with Gasteiger partial charge in [-0.1, -0.05) is 43.2 Å². The molecular formula is C20H25FN2O2S2. The first-order valence-electron chi connectivity index (χ1n) is 9.24. The van der Waals surface area contributed by atoms with Gasteiger partial charge in [-0.25, -0.2) is 17.8 Å². The first-order valence-corrected chi connectivity index (χ1v) is 11.6. The van der Waals surface area contributed by atoms with Gasteiger partial charge >= 0.3 is 0 Å². The van der Waals surface area contributed by atoms with E-state index in [2.05, 4.69) is 4.98 Å². The van der Waals surface area contributed by atoms with Crippen LogP contribution in [0.15, 0.2) is 52.5 Å². The molecule has 1 aliphatic carbocycles. The number of halogens is 1. The lowest BCUT2D eigenvalue weighted by molar-refractivity contribution is 0.285. The molecule has 0 radical (unpaired) electrons. The predicted octanol–water partition coefficient (Wildman–Crippen LogP) is 5.03. The number of nitrogens with zero attached hydrogens (tertiary/aromatic N) is 2. The van der Waals surface area contributed by atoms with Crippen LogP contribution in [0.25, 0.3) is 0 Å². The van der Waals surface area contributed by atoms with Gasteiger partial charge in [-0.05, 0) is 49.6 Å². The van der Waals surface area contributed by atoms with Crippen LogP contribution in [0.1, 0.15) is 49.8 Å². The second-order valence-electron chi connectivity index (χ2n) is 6.96. The summed E-state index contributed by atoms with van der Waals surface area (Å²) in [6.45, 7) is 2.01. The molecule has 1 aliphatic rings. The van der Waals surface area contributed by atoms with Gasteiger partial charge in [0.2, 0.25) is 10.0 Å². The van der Waals surface area contributed by atoms with Crippen molar-refractivity contribution >= 4 is 21.8 Å². The summed E-state index contributed by atoms with van der Waals surface area (Å²) in [4.78, 5) is 4.57. The van der Waals surface area contributed by atoms with Crippen LogP contribution in [0.4, 0.5) is 4.39 Å². The van der Waals surface area contributed by atoms with Crippen molar-refractivity contribution in [2.24, 2.45) is 0 Å². The molecule has 1 atom stereocenters. The van der Waals surface area contributed by atoms with Gasteiger partial charge in [0.25, 0.3) is 0 Å². The van der Waals surface area contributed by atoms with E-state index in [1.807, 2.05) is 6.92 Å². The topological polar surface area (TPSA) is 50.3 Å². The molecule has 0 unspecified atom stereocenters. The summed E-state index contributed by atoms with van der Waals surface area (Å²) < 4.78 is 40.3. The fraction of sp³-hybridized carbons (Fsp3) is 0.450. The van der Waals surface area contributed by atoms with Crippen LogP contribution in [-0.2, 0) is 10.0 Å². The van der Waals surface area contributed by atoms with Gasteiger partial charge in [0, 0.05) is 24.5 Å². The average molecular weight is 409 g/mol. The Hall–Kier alpha value is -1.44. The molecule has 0 aliphatic heterocycles. The van der Waals surface area contributed by atoms with Gasteiger partial charge in [0.1, 0.15) is 10.7 Å². The average Bonchev–Trinajstić information content (AvgIpc) is 2.69. The maximum Gasteiger partial charge on any atom is 0.244 e. The van der Waals surface area contributed by atoms with Crippen molar-refractivity contribution in [2.75, 3.05) is 7.05 Å². The predicted molar refractivity (Wildman–Crippen MR) is 107 cm³/mol. The largest absolute Gasteiger partial charge is 0.249 e. The van der Waals surface area contributed by atoms with Gasteiger partial charge < -0.3 is 0 Å². The summed E-state index contributed by atoms with van der Waals surface area (Å²) in [5.74, 6) is -0.259. The fourth-order valence-electron chi connectivity index (χ4n) is 3.38. The molecule has 2 aromatic rings. The summed E-state index contributed by atoms with van der Waals surface area (Å²) in [6, 6.07) is 9.84. The Labute approximate surface area is 165 Å². The van der Waals surface area contributed by atoms with E-state index in [1.54, 1.807) is 31.3 Å². The number of benzene rings is 1. The molecule has 1 fully saturated rings. The van der Waals surface area contributed by atoms with Crippen molar-refractivity contribution in [1.29, 1.82) is 0 Å². The van der Waals surface area contributed by atoms with Crippen molar-refractivity contribution < 1.29 is 12.8 Å². The van der Waals surface area contributed by atoms with E-state index in [0.29, 0.717) is 0 Å². The normalized spacial score (nSPS) is 17.2. The van der Waals surface area contributed by atoms with Gasteiger partial charge in [-0.3, -0.25) is 0 Å². The molecule has 1 aromatic carbocycles. The summed E-state index contributed by atoms with van der Waals surface area (Å²) >= 11 is 1.52. The van der Waals surface area contributed by atoms with Crippen molar-refractivity contribution in [2.45, 2.75) is 60.2 Å². The highest BCUT2D eigenvalue weighted by Crippen LogP contribution is 2.34. The molecule has 0 saturated heterocycles. The van der Waals surface area contributed by atoms with E-state index < -0.39 is 10.0 Å². The summed E-state index contributed by atoms with van der Waals surface area (Å²) in [7, 11) is -1.85. The number of pyridine rings is 1. The number of sulfonamides is 1. The number of hydrogen-bond acceptors (Lipinski definition) is 4. The van der Waals surface area contributed by atoms with Crippen LogP contribution in [0.5, 0.6) is 0 Å². The van der Waals surface area contributed by atoms with Crippen molar-refractivity contribution in [3.8, 4) is 0 Å². The highest BCUT2D eigenvalue weighted by Gasteiger charge is 2.29. The Kier molecular flexibility index (Phi) is 6.55. The Balaban J connectivity index is 1.69. The Morgan fingerprint density at radius 1 is 1.11 bits per heavy atom. The fourth-order valence-corrected chi connectivity index (χ4v) is 5.66. The molecule has 1 heterocycles. The van der Waals surface area contributed by atoms with Crippen molar-refractivity contribution in [3.63, 3.8) is 0 Å². The quantitative estimate of drug-likeness (QED) is 0.629. The summed E-state index contributed by atoms with van der Waals surface area (Å²) in [5, 5.41) is 0.830. The summed E-state index contributed by atoms with van der Waals surface area (Å²) in [6.07, 6.45) is 6.64. The van der Waals surface area contributed by atoms with Crippen LogP contribution in [-0.4, -0.2) is 30.8 Å². The van der Waals surface area contributed by atoms with E-state index in [9.17, 15) is 12.8 Å². The lowest BCUT2D eigenvalue weighted by atomic mass is 9.96. The number of thioether (sulfide) groups is 1. The second-order valence-corrected chi connectivity index (χ2v) is 10.3. The molecule has 0 amide bonds. The van der Waals surface area contributed by atoms with Gasteiger partial charge in [0.05, 0.1) is 5.03 Å². The van der Waals surface area contributed by atoms with Crippen LogP contribution in [0.3, 0.4) is 0 Å². The number of aromatic nitrogens is 1. The maximum absolute atomic E-state index is 13.1. The minimum absolute atomic E-state index is 0.0799. The van der Waals surface area contributed by atoms with Crippen molar-refractivity contribution in [1.82, 2.24) is 9.29 Å². The molecule has 1 aromatic heterocycles. The first-order chi connectivity index (χ1) is 12.9. The van der Waals surface area contributed by atoms with Crippen LogP contribution in [0.2, 0.25) is 0 Å². The molecule has 1 saturated carbocycles. The van der Waals surface area contributed by atoms with Crippen LogP contribution >= 0.6 is 11.8 Å². The molecule has 146 valence electrons. The monoisotopic (exact) mass is 408 g/mol. The van der Waals surface area contributed by atoms with Gasteiger partial charge in [-0.2, -0.15) is 4.31 Å². The van der Waals surface area contributed by atoms with E-state index >= 15 is 0 Å². The first kappa shape index (κ1) is 20.3. The Bertz CT molecular complexity index is 849. The minimum atomic E-state index is -3.52. The molecule has 27 heavy (non-hydrogen) atoms. The smallest absolute Gasteiger partial charge is 0.244 e. The highest BCUT2D eigenvalue weighted by molar-refractivity contribution is 7.99. The lowest BCUT2D eigenvalue weighted by Gasteiger charge is -2.30. The zero-order valence-corrected chi connectivity index (χ0v) is 17.3. The second kappa shape index (κ2) is 8.71. The van der Waals surface area contributed by atoms with Gasteiger partial charge in [0.15, 0.2) is 0 Å². The SMILES string of the molecule is C[C@@H](Sc1ccc(S(=O)(=O)N(C)C2CCCCC2)cn1)c1ccc(F)cc1. The van der Waals surface area contributed by atoms with Crippen molar-refractivity contribution in [3.05, 3.63) is 54.0 Å². The highest BCUT2D eigenvalue weighted by atomic mass is 32.2. The molecule has 0 spiro atoms. The van der Waals surface area contributed by atoms with Gasteiger partial charge in [-0.15, -0.1) is 0 Å². The summed E-state index contributed by atoms with van der Waals surface area (Å²) in [5.41, 5.74) is 0.997. The molecule has 0 N–H and O–H groups in total. The maximum atomic E-state index is 13.1. The van der Waals surface area contributed by atoms with E-state index in [1.165, 1.54) is 40.8 Å². The Morgan fingerprint density at radius 2 is 1.78 bits per heavy atom. The van der Waals surface area contributed by atoms with Crippen LogP contribution < -0.4 is 0 Å². The minimum Gasteiger partial charge on any atom is -0.249 e. The van der Waals surface area contributed by atoms with E-state index in [-0.39, 0.29) is 22.0 Å². The molecule has 3 rings (SSSR count). The molecule has 7 heteroatoms. The van der Waals surface area contributed by atoms with Crippen LogP contribution in [0, 0.1) is 5.82 Å². The number of rotatable bonds is 6. The van der Waals surface area contributed by atoms with E-state index in [0.717, 1.165) is 36.3 Å². The molecular weight excluding hydrogens is 383 g/mol. The third kappa shape index (κ3) is 4.89. The molecule has 0 bridgehead atoms. The zero-order valence-electron chi connectivity index (χ0n) is 15.6. The Morgan fingerprint density at radius 3 is 2.37 bits per heavy atom. The third-order valence-electron chi connectivity index (χ3n) is 5.11.